The number of nitrogens with zero attached hydrogens (tertiary/aromatic N) is 2. The van der Waals surface area contributed by atoms with Gasteiger partial charge in [0.25, 0.3) is 0 Å². The fourth-order valence-electron chi connectivity index (χ4n) is 2.76. The first-order valence-corrected chi connectivity index (χ1v) is 8.90. The number of phenolic OH excluding ortho intramolecular Hbond substituents is 1. The van der Waals surface area contributed by atoms with E-state index in [1.165, 1.54) is 0 Å². The Morgan fingerprint density at radius 2 is 2.00 bits per heavy atom. The number of ether oxygens (including phenoxy) is 1. The van der Waals surface area contributed by atoms with Gasteiger partial charge >= 0.3 is 5.97 Å². The van der Waals surface area contributed by atoms with E-state index < -0.39 is 0 Å². The Hall–Kier alpha value is -2.89. The number of hydrogen-bond donors (Lipinski definition) is 1. The van der Waals surface area contributed by atoms with Gasteiger partial charge in [0.05, 0.1) is 6.61 Å². The number of carbonyl (C=O) groups is 1. The smallest absolute Gasteiger partial charge is 0.305 e. The highest BCUT2D eigenvalue weighted by Crippen LogP contribution is 2.25. The molecule has 0 bridgehead atoms. The fourth-order valence-corrected chi connectivity index (χ4v) is 2.76. The minimum Gasteiger partial charge on any atom is -0.508 e. The number of aromatic hydroxyl groups is 1. The van der Waals surface area contributed by atoms with Gasteiger partial charge in [-0.15, -0.1) is 0 Å². The van der Waals surface area contributed by atoms with E-state index in [1.54, 1.807) is 18.2 Å². The standard InChI is InChI=1S/C20H22N2O4/c1-2-25-19(24)6-4-3-5-11-22-12-9-15(10-13-22)20-21-17-8-7-16(23)14-18(17)26-20/h7-10,12-14H,2-6,11H2,1H3/p+1. The number of unbranched alkanes of at least 4 members (excludes halogenated alkanes) is 2. The summed E-state index contributed by atoms with van der Waals surface area (Å²) in [6.07, 6.45) is 7.33. The topological polar surface area (TPSA) is 76.4 Å². The molecule has 0 aliphatic carbocycles. The monoisotopic (exact) mass is 355 g/mol. The summed E-state index contributed by atoms with van der Waals surface area (Å²) in [6.45, 7) is 3.16. The molecule has 0 amide bonds. The zero-order chi connectivity index (χ0) is 18.4. The molecule has 2 heterocycles. The number of phenols is 1. The lowest BCUT2D eigenvalue weighted by molar-refractivity contribution is -0.697. The van der Waals surface area contributed by atoms with Crippen molar-refractivity contribution in [3.05, 3.63) is 42.7 Å². The molecule has 0 saturated carbocycles. The molecule has 0 aliphatic rings. The Bertz CT molecular complexity index is 871. The summed E-state index contributed by atoms with van der Waals surface area (Å²) in [7, 11) is 0. The zero-order valence-electron chi connectivity index (χ0n) is 14.9. The van der Waals surface area contributed by atoms with Crippen molar-refractivity contribution in [3.63, 3.8) is 0 Å². The number of pyridine rings is 1. The zero-order valence-corrected chi connectivity index (χ0v) is 14.9. The van der Waals surface area contributed by atoms with Crippen molar-refractivity contribution in [1.29, 1.82) is 0 Å². The Morgan fingerprint density at radius 3 is 2.77 bits per heavy atom. The van der Waals surface area contributed by atoms with E-state index in [-0.39, 0.29) is 11.7 Å². The van der Waals surface area contributed by atoms with Crippen LogP contribution in [-0.2, 0) is 16.1 Å². The Labute approximate surface area is 152 Å². The van der Waals surface area contributed by atoms with Crippen molar-refractivity contribution in [2.75, 3.05) is 6.61 Å². The van der Waals surface area contributed by atoms with Gasteiger partial charge < -0.3 is 14.3 Å². The van der Waals surface area contributed by atoms with Crippen LogP contribution >= 0.6 is 0 Å². The lowest BCUT2D eigenvalue weighted by atomic mass is 10.2. The molecule has 3 rings (SSSR count). The average molecular weight is 355 g/mol. The number of benzene rings is 1. The number of oxazole rings is 1. The molecule has 26 heavy (non-hydrogen) atoms. The van der Waals surface area contributed by atoms with E-state index >= 15 is 0 Å². The summed E-state index contributed by atoms with van der Waals surface area (Å²) >= 11 is 0. The van der Waals surface area contributed by atoms with Crippen LogP contribution < -0.4 is 4.57 Å². The second-order valence-electron chi connectivity index (χ2n) is 6.11. The molecule has 0 spiro atoms. The van der Waals surface area contributed by atoms with Crippen LogP contribution in [0.5, 0.6) is 5.75 Å². The summed E-state index contributed by atoms with van der Waals surface area (Å²) in [5.74, 6) is 0.581. The van der Waals surface area contributed by atoms with Crippen LogP contribution in [0.3, 0.4) is 0 Å². The van der Waals surface area contributed by atoms with Gasteiger partial charge in [-0.3, -0.25) is 4.79 Å². The number of esters is 1. The summed E-state index contributed by atoms with van der Waals surface area (Å²) in [4.78, 5) is 15.7. The minimum absolute atomic E-state index is 0.115. The van der Waals surface area contributed by atoms with Crippen molar-refractivity contribution in [2.45, 2.75) is 39.2 Å². The number of fused-ring (bicyclic) bond motifs is 1. The van der Waals surface area contributed by atoms with E-state index in [0.717, 1.165) is 36.9 Å². The molecule has 1 aromatic carbocycles. The molecule has 0 unspecified atom stereocenters. The molecule has 2 aromatic heterocycles. The van der Waals surface area contributed by atoms with Crippen molar-refractivity contribution >= 4 is 17.1 Å². The third-order valence-corrected chi connectivity index (χ3v) is 4.11. The van der Waals surface area contributed by atoms with Gasteiger partial charge in [0.2, 0.25) is 5.89 Å². The van der Waals surface area contributed by atoms with Crippen LogP contribution in [-0.4, -0.2) is 22.7 Å². The molecule has 0 radical (unpaired) electrons. The number of rotatable bonds is 8. The highest BCUT2D eigenvalue weighted by atomic mass is 16.5. The first-order chi connectivity index (χ1) is 12.7. The van der Waals surface area contributed by atoms with Crippen molar-refractivity contribution < 1.29 is 23.6 Å². The first kappa shape index (κ1) is 17.9. The van der Waals surface area contributed by atoms with Gasteiger partial charge in [-0.1, -0.05) is 0 Å². The predicted molar refractivity (Wildman–Crippen MR) is 96.4 cm³/mol. The molecule has 1 N–H and O–H groups in total. The lowest BCUT2D eigenvalue weighted by Crippen LogP contribution is -2.32. The minimum atomic E-state index is -0.115. The van der Waals surface area contributed by atoms with Gasteiger partial charge in [0.15, 0.2) is 18.0 Å². The fraction of sp³-hybridized carbons (Fsp3) is 0.350. The van der Waals surface area contributed by atoms with Crippen LogP contribution in [0.25, 0.3) is 22.6 Å². The van der Waals surface area contributed by atoms with E-state index in [2.05, 4.69) is 9.55 Å². The third kappa shape index (κ3) is 4.59. The number of carbonyl (C=O) groups excluding carboxylic acids is 1. The summed E-state index contributed by atoms with van der Waals surface area (Å²) in [6, 6.07) is 8.81. The van der Waals surface area contributed by atoms with Crippen molar-refractivity contribution in [3.8, 4) is 17.2 Å². The quantitative estimate of drug-likeness (QED) is 0.379. The molecule has 3 aromatic rings. The van der Waals surface area contributed by atoms with E-state index in [4.69, 9.17) is 9.15 Å². The van der Waals surface area contributed by atoms with E-state index in [1.807, 2.05) is 31.5 Å². The molecule has 136 valence electrons. The second kappa shape index (κ2) is 8.47. The van der Waals surface area contributed by atoms with Gasteiger partial charge in [-0.25, -0.2) is 9.55 Å². The maximum atomic E-state index is 11.3. The van der Waals surface area contributed by atoms with Crippen LogP contribution in [0.15, 0.2) is 47.1 Å². The summed E-state index contributed by atoms with van der Waals surface area (Å²) < 4.78 is 12.7. The Kier molecular flexibility index (Phi) is 5.84. The largest absolute Gasteiger partial charge is 0.508 e. The van der Waals surface area contributed by atoms with Crippen LogP contribution in [0, 0.1) is 0 Å². The molecule has 0 fully saturated rings. The molecular weight excluding hydrogens is 332 g/mol. The molecule has 6 heteroatoms. The number of hydrogen-bond acceptors (Lipinski definition) is 5. The Morgan fingerprint density at radius 1 is 1.19 bits per heavy atom. The summed E-state index contributed by atoms with van der Waals surface area (Å²) in [5.41, 5.74) is 2.17. The van der Waals surface area contributed by atoms with E-state index in [0.29, 0.717) is 24.5 Å². The van der Waals surface area contributed by atoms with E-state index in [9.17, 15) is 9.90 Å². The normalized spacial score (nSPS) is 11.0. The van der Waals surface area contributed by atoms with Crippen LogP contribution in [0.4, 0.5) is 0 Å². The van der Waals surface area contributed by atoms with Gasteiger partial charge in [-0.05, 0) is 31.9 Å². The lowest BCUT2D eigenvalue weighted by Gasteiger charge is -2.01. The first-order valence-electron chi connectivity index (χ1n) is 8.90. The highest BCUT2D eigenvalue weighted by Gasteiger charge is 2.10. The van der Waals surface area contributed by atoms with Gasteiger partial charge in [0, 0.05) is 36.6 Å². The third-order valence-electron chi connectivity index (χ3n) is 4.11. The maximum Gasteiger partial charge on any atom is 0.305 e. The SMILES string of the molecule is CCOC(=O)CCCCC[n+]1ccc(-c2nc3ccc(O)cc3o2)cc1. The molecular formula is C20H23N2O4+. The maximum absolute atomic E-state index is 11.3. The number of aromatic nitrogens is 2. The molecule has 0 saturated heterocycles. The van der Waals surface area contributed by atoms with Crippen LogP contribution in [0.1, 0.15) is 32.6 Å². The highest BCUT2D eigenvalue weighted by molar-refractivity contribution is 5.77. The molecule has 0 aliphatic heterocycles. The van der Waals surface area contributed by atoms with Gasteiger partial charge in [0.1, 0.15) is 17.8 Å². The van der Waals surface area contributed by atoms with Crippen molar-refractivity contribution in [1.82, 2.24) is 4.98 Å². The number of aryl methyl sites for hydroxylation is 1. The summed E-state index contributed by atoms with van der Waals surface area (Å²) in [5, 5.41) is 9.51. The van der Waals surface area contributed by atoms with Crippen LogP contribution in [0.2, 0.25) is 0 Å². The predicted octanol–water partition coefficient (Wildman–Crippen LogP) is 3.61. The average Bonchev–Trinajstić information content (AvgIpc) is 3.05. The Balaban J connectivity index is 1.52. The molecule has 6 nitrogen and oxygen atoms in total. The second-order valence-corrected chi connectivity index (χ2v) is 6.11. The molecule has 0 atom stereocenters. The van der Waals surface area contributed by atoms with Crippen molar-refractivity contribution in [2.24, 2.45) is 0 Å². The van der Waals surface area contributed by atoms with Gasteiger partial charge in [-0.2, -0.15) is 0 Å².